The van der Waals surface area contributed by atoms with E-state index in [2.05, 4.69) is 20.6 Å². The Morgan fingerprint density at radius 2 is 1.84 bits per heavy atom. The highest BCUT2D eigenvalue weighted by Crippen LogP contribution is 2.26. The Labute approximate surface area is 187 Å². The zero-order valence-electron chi connectivity index (χ0n) is 18.6. The fraction of sp³-hybridized carbons (Fsp3) is 0.478. The molecular formula is C23H30N6O3. The summed E-state index contributed by atoms with van der Waals surface area (Å²) >= 11 is 0. The van der Waals surface area contributed by atoms with Crippen LogP contribution in [0.3, 0.4) is 0 Å². The minimum Gasteiger partial charge on any atom is -0.350 e. The monoisotopic (exact) mass is 438 g/mol. The summed E-state index contributed by atoms with van der Waals surface area (Å²) in [6.07, 6.45) is 2.41. The average molecular weight is 439 g/mol. The molecule has 9 nitrogen and oxygen atoms in total. The molecule has 4 rings (SSSR count). The number of hydrogen-bond donors (Lipinski definition) is 2. The highest BCUT2D eigenvalue weighted by atomic mass is 16.2. The number of likely N-dealkylation sites (N-methyl/N-ethyl adjacent to an activating group) is 1. The molecule has 0 saturated carbocycles. The van der Waals surface area contributed by atoms with Crippen LogP contribution in [-0.2, 0) is 17.9 Å². The van der Waals surface area contributed by atoms with Crippen LogP contribution >= 0.6 is 0 Å². The zero-order chi connectivity index (χ0) is 22.7. The molecule has 1 atom stereocenters. The van der Waals surface area contributed by atoms with Gasteiger partial charge in [-0.15, -0.1) is 0 Å². The average Bonchev–Trinajstić information content (AvgIpc) is 3.46. The van der Waals surface area contributed by atoms with Crippen LogP contribution in [0.2, 0.25) is 0 Å². The second kappa shape index (κ2) is 9.12. The second-order valence-corrected chi connectivity index (χ2v) is 8.68. The summed E-state index contributed by atoms with van der Waals surface area (Å²) in [5.74, 6) is -0.913. The predicted molar refractivity (Wildman–Crippen MR) is 119 cm³/mol. The molecule has 0 unspecified atom stereocenters. The van der Waals surface area contributed by atoms with Crippen molar-refractivity contribution in [3.63, 3.8) is 0 Å². The number of rotatable bonds is 7. The highest BCUT2D eigenvalue weighted by molar-refractivity contribution is 6.01. The quantitative estimate of drug-likeness (QED) is 0.668. The number of likely N-dealkylation sites (tertiary alicyclic amines) is 1. The molecule has 3 amide bonds. The number of hydrogen-bond acceptors (Lipinski definition) is 5. The van der Waals surface area contributed by atoms with Gasteiger partial charge in [0.15, 0.2) is 5.69 Å². The van der Waals surface area contributed by atoms with Gasteiger partial charge in [0.25, 0.3) is 11.8 Å². The third kappa shape index (κ3) is 4.38. The number of nitrogens with zero attached hydrogens (tertiary/aromatic N) is 4. The largest absolute Gasteiger partial charge is 0.350 e. The Bertz CT molecular complexity index is 998. The summed E-state index contributed by atoms with van der Waals surface area (Å²) in [5.41, 5.74) is 0.360. The lowest BCUT2D eigenvalue weighted by molar-refractivity contribution is -0.132. The Morgan fingerprint density at radius 3 is 2.56 bits per heavy atom. The fourth-order valence-corrected chi connectivity index (χ4v) is 4.23. The topological polar surface area (TPSA) is 99.6 Å². The Morgan fingerprint density at radius 1 is 1.12 bits per heavy atom. The van der Waals surface area contributed by atoms with E-state index in [4.69, 9.17) is 0 Å². The molecule has 32 heavy (non-hydrogen) atoms. The molecule has 0 spiro atoms. The summed E-state index contributed by atoms with van der Waals surface area (Å²) < 4.78 is 1.47. The van der Waals surface area contributed by atoms with Gasteiger partial charge in [-0.05, 0) is 38.4 Å². The molecule has 1 fully saturated rings. The molecule has 0 bridgehead atoms. The minimum absolute atomic E-state index is 0.173. The SMILES string of the molecule is CN1C(=O)c2cc(C(=O)NCCN3CCCC3)nn2C[C@]1(C)C(=O)NCc1ccccc1. The van der Waals surface area contributed by atoms with Gasteiger partial charge in [0.05, 0.1) is 6.54 Å². The molecule has 1 saturated heterocycles. The number of benzene rings is 1. The first kappa shape index (κ1) is 22.0. The first-order chi connectivity index (χ1) is 15.4. The number of amides is 3. The second-order valence-electron chi connectivity index (χ2n) is 8.68. The maximum atomic E-state index is 13.0. The molecule has 9 heteroatoms. The number of carbonyl (C=O) groups is 3. The van der Waals surface area contributed by atoms with E-state index in [1.54, 1.807) is 14.0 Å². The first-order valence-corrected chi connectivity index (χ1v) is 11.1. The number of fused-ring (bicyclic) bond motifs is 1. The van der Waals surface area contributed by atoms with Crippen molar-refractivity contribution in [1.29, 1.82) is 0 Å². The molecule has 0 aliphatic carbocycles. The lowest BCUT2D eigenvalue weighted by Crippen LogP contribution is -2.62. The first-order valence-electron chi connectivity index (χ1n) is 11.1. The van der Waals surface area contributed by atoms with Gasteiger partial charge in [-0.3, -0.25) is 19.1 Å². The molecule has 2 aromatic rings. The van der Waals surface area contributed by atoms with Crippen LogP contribution < -0.4 is 10.6 Å². The third-order valence-corrected chi connectivity index (χ3v) is 6.43. The van der Waals surface area contributed by atoms with Crippen molar-refractivity contribution in [3.05, 3.63) is 53.3 Å². The third-order valence-electron chi connectivity index (χ3n) is 6.43. The Kier molecular flexibility index (Phi) is 6.27. The van der Waals surface area contributed by atoms with Crippen LogP contribution in [0.5, 0.6) is 0 Å². The molecule has 0 radical (unpaired) electrons. The minimum atomic E-state index is -1.12. The lowest BCUT2D eigenvalue weighted by Gasteiger charge is -2.40. The van der Waals surface area contributed by atoms with Crippen molar-refractivity contribution in [2.45, 2.75) is 38.4 Å². The van der Waals surface area contributed by atoms with Crippen molar-refractivity contribution in [2.24, 2.45) is 0 Å². The van der Waals surface area contributed by atoms with E-state index < -0.39 is 5.54 Å². The van der Waals surface area contributed by atoms with Gasteiger partial charge in [0.2, 0.25) is 5.91 Å². The maximum absolute atomic E-state index is 13.0. The van der Waals surface area contributed by atoms with E-state index >= 15 is 0 Å². The smallest absolute Gasteiger partial charge is 0.272 e. The molecule has 2 aliphatic heterocycles. The molecular weight excluding hydrogens is 408 g/mol. The molecule has 170 valence electrons. The van der Waals surface area contributed by atoms with Gasteiger partial charge < -0.3 is 20.4 Å². The Hall–Kier alpha value is -3.20. The molecule has 3 heterocycles. The van der Waals surface area contributed by atoms with Crippen LogP contribution in [0, 0.1) is 0 Å². The van der Waals surface area contributed by atoms with Gasteiger partial charge in [0, 0.05) is 32.7 Å². The van der Waals surface area contributed by atoms with Crippen molar-refractivity contribution < 1.29 is 14.4 Å². The summed E-state index contributed by atoms with van der Waals surface area (Å²) in [7, 11) is 1.61. The fourth-order valence-electron chi connectivity index (χ4n) is 4.23. The summed E-state index contributed by atoms with van der Waals surface area (Å²) in [4.78, 5) is 42.3. The maximum Gasteiger partial charge on any atom is 0.272 e. The van der Waals surface area contributed by atoms with Crippen molar-refractivity contribution in [3.8, 4) is 0 Å². The van der Waals surface area contributed by atoms with Crippen LogP contribution in [-0.4, -0.2) is 76.1 Å². The predicted octanol–water partition coefficient (Wildman–Crippen LogP) is 0.869. The highest BCUT2D eigenvalue weighted by Gasteiger charge is 2.46. The molecule has 2 aliphatic rings. The molecule has 1 aromatic heterocycles. The molecule has 1 aromatic carbocycles. The van der Waals surface area contributed by atoms with E-state index in [-0.39, 0.29) is 30.0 Å². The number of aromatic nitrogens is 2. The van der Waals surface area contributed by atoms with Gasteiger partial charge in [-0.25, -0.2) is 0 Å². The summed E-state index contributed by atoms with van der Waals surface area (Å²) in [6, 6.07) is 11.1. The van der Waals surface area contributed by atoms with E-state index in [1.807, 2.05) is 30.3 Å². The van der Waals surface area contributed by atoms with Gasteiger partial charge in [-0.2, -0.15) is 5.10 Å². The molecule has 2 N–H and O–H groups in total. The van der Waals surface area contributed by atoms with Gasteiger partial charge in [-0.1, -0.05) is 30.3 Å². The van der Waals surface area contributed by atoms with E-state index in [0.29, 0.717) is 18.8 Å². The summed E-state index contributed by atoms with van der Waals surface area (Å²) in [6.45, 7) is 5.74. The lowest BCUT2D eigenvalue weighted by atomic mass is 9.96. The van der Waals surface area contributed by atoms with E-state index in [9.17, 15) is 14.4 Å². The zero-order valence-corrected chi connectivity index (χ0v) is 18.6. The van der Waals surface area contributed by atoms with E-state index in [1.165, 1.54) is 28.5 Å². The summed E-state index contributed by atoms with van der Waals surface area (Å²) in [5, 5.41) is 10.1. The number of carbonyl (C=O) groups excluding carboxylic acids is 3. The number of nitrogens with one attached hydrogen (secondary N) is 2. The van der Waals surface area contributed by atoms with Crippen LogP contribution in [0.1, 0.15) is 46.3 Å². The van der Waals surface area contributed by atoms with Crippen molar-refractivity contribution in [1.82, 2.24) is 30.2 Å². The van der Waals surface area contributed by atoms with Gasteiger partial charge in [0.1, 0.15) is 11.2 Å². The standard InChI is InChI=1S/C23H30N6O3/c1-23(22(32)25-15-17-8-4-3-5-9-17)16-29-19(21(31)27(23)2)14-18(26-29)20(30)24-10-13-28-11-6-7-12-28/h3-5,8-9,14H,6-7,10-13,15-16H2,1-2H3,(H,24,30)(H,25,32)/t23-/m1/s1. The van der Waals surface area contributed by atoms with Crippen LogP contribution in [0.4, 0.5) is 0 Å². The Balaban J connectivity index is 1.42. The van der Waals surface area contributed by atoms with E-state index in [0.717, 1.165) is 25.2 Å². The van der Waals surface area contributed by atoms with Crippen LogP contribution in [0.25, 0.3) is 0 Å². The van der Waals surface area contributed by atoms with Crippen molar-refractivity contribution >= 4 is 17.7 Å². The van der Waals surface area contributed by atoms with Gasteiger partial charge >= 0.3 is 0 Å². The normalized spacial score (nSPS) is 20.8. The van der Waals surface area contributed by atoms with Crippen LogP contribution in [0.15, 0.2) is 36.4 Å². The van der Waals surface area contributed by atoms with Crippen molar-refractivity contribution in [2.75, 3.05) is 33.2 Å².